The molecule has 0 aromatic heterocycles. The third kappa shape index (κ3) is 3.02. The van der Waals surface area contributed by atoms with Gasteiger partial charge in [0.2, 0.25) is 0 Å². The van der Waals surface area contributed by atoms with Crippen molar-refractivity contribution < 1.29 is 14.3 Å². The fraction of sp³-hybridized carbons (Fsp3) is 0.125. The Labute approximate surface area is 121 Å². The normalized spacial score (nSPS) is 12.9. The fourth-order valence-corrected chi connectivity index (χ4v) is 2.14. The van der Waals surface area contributed by atoms with Crippen molar-refractivity contribution in [2.45, 2.75) is 13.2 Å². The summed E-state index contributed by atoms with van der Waals surface area (Å²) in [6, 6.07) is 14.4. The molecule has 2 aromatic carbocycles. The maximum atomic E-state index is 12.0. The lowest BCUT2D eigenvalue weighted by molar-refractivity contribution is 0.0472. The minimum atomic E-state index is -0.376. The Morgan fingerprint density at radius 3 is 2.76 bits per heavy atom. The van der Waals surface area contributed by atoms with Gasteiger partial charge in [0, 0.05) is 12.2 Å². The molecular weight excluding hydrogens is 268 g/mol. The van der Waals surface area contributed by atoms with Gasteiger partial charge in [0.05, 0.1) is 5.56 Å². The van der Waals surface area contributed by atoms with E-state index >= 15 is 0 Å². The SMILES string of the molecule is O=C1NCc2cc(C(=O)OCc3ccccc3)ccc2N1. The zero-order valence-corrected chi connectivity index (χ0v) is 11.3. The van der Waals surface area contributed by atoms with Crippen molar-refractivity contribution in [3.63, 3.8) is 0 Å². The lowest BCUT2D eigenvalue weighted by atomic mass is 10.1. The minimum absolute atomic E-state index is 0.234. The monoisotopic (exact) mass is 282 g/mol. The summed E-state index contributed by atoms with van der Waals surface area (Å²) in [6.07, 6.45) is 0. The van der Waals surface area contributed by atoms with E-state index in [9.17, 15) is 9.59 Å². The van der Waals surface area contributed by atoms with Crippen molar-refractivity contribution in [2.75, 3.05) is 5.32 Å². The van der Waals surface area contributed by atoms with Crippen LogP contribution in [-0.2, 0) is 17.9 Å². The fourth-order valence-electron chi connectivity index (χ4n) is 2.14. The highest BCUT2D eigenvalue weighted by atomic mass is 16.5. The van der Waals surface area contributed by atoms with E-state index in [1.807, 2.05) is 30.3 Å². The third-order valence-electron chi connectivity index (χ3n) is 3.24. The van der Waals surface area contributed by atoms with Gasteiger partial charge in [-0.3, -0.25) is 0 Å². The van der Waals surface area contributed by atoms with Gasteiger partial charge in [-0.1, -0.05) is 30.3 Å². The molecule has 5 heteroatoms. The second kappa shape index (κ2) is 5.66. The number of amides is 2. The molecule has 0 spiro atoms. The van der Waals surface area contributed by atoms with Crippen LogP contribution in [0.3, 0.4) is 0 Å². The van der Waals surface area contributed by atoms with Crippen LogP contribution in [-0.4, -0.2) is 12.0 Å². The number of hydrogen-bond donors (Lipinski definition) is 2. The molecule has 2 N–H and O–H groups in total. The summed E-state index contributed by atoms with van der Waals surface area (Å²) in [4.78, 5) is 23.2. The first-order valence-corrected chi connectivity index (χ1v) is 6.61. The molecule has 21 heavy (non-hydrogen) atoms. The molecule has 1 aliphatic heterocycles. The third-order valence-corrected chi connectivity index (χ3v) is 3.24. The molecule has 2 amide bonds. The molecule has 0 atom stereocenters. The average Bonchev–Trinajstić information content (AvgIpc) is 2.53. The Bertz CT molecular complexity index is 683. The first kappa shape index (κ1) is 13.2. The van der Waals surface area contributed by atoms with Gasteiger partial charge in [-0.25, -0.2) is 9.59 Å². The molecule has 1 aliphatic rings. The number of esters is 1. The number of carbonyl (C=O) groups is 2. The van der Waals surface area contributed by atoms with E-state index < -0.39 is 0 Å². The predicted molar refractivity (Wildman–Crippen MR) is 77.9 cm³/mol. The van der Waals surface area contributed by atoms with Crippen LogP contribution in [0.2, 0.25) is 0 Å². The van der Waals surface area contributed by atoms with Gasteiger partial charge in [-0.05, 0) is 29.3 Å². The van der Waals surface area contributed by atoms with E-state index in [0.29, 0.717) is 12.1 Å². The van der Waals surface area contributed by atoms with Gasteiger partial charge in [0.25, 0.3) is 0 Å². The van der Waals surface area contributed by atoms with Gasteiger partial charge < -0.3 is 15.4 Å². The number of benzene rings is 2. The first-order valence-electron chi connectivity index (χ1n) is 6.61. The summed E-state index contributed by atoms with van der Waals surface area (Å²) in [6.45, 7) is 0.646. The summed E-state index contributed by atoms with van der Waals surface area (Å²) in [7, 11) is 0. The second-order valence-corrected chi connectivity index (χ2v) is 4.74. The number of nitrogens with one attached hydrogen (secondary N) is 2. The molecule has 0 saturated heterocycles. The van der Waals surface area contributed by atoms with E-state index in [-0.39, 0.29) is 18.6 Å². The van der Waals surface area contributed by atoms with Gasteiger partial charge in [-0.15, -0.1) is 0 Å². The van der Waals surface area contributed by atoms with Crippen LogP contribution in [0.1, 0.15) is 21.5 Å². The highest BCUT2D eigenvalue weighted by molar-refractivity contribution is 5.95. The van der Waals surface area contributed by atoms with Crippen molar-refractivity contribution in [3.05, 3.63) is 65.2 Å². The molecule has 0 radical (unpaired) electrons. The van der Waals surface area contributed by atoms with E-state index in [1.165, 1.54) is 0 Å². The number of urea groups is 1. The number of carbonyl (C=O) groups excluding carboxylic acids is 2. The maximum absolute atomic E-state index is 12.0. The molecular formula is C16H14N2O3. The summed E-state index contributed by atoms with van der Waals surface area (Å²) in [5.74, 6) is -0.376. The van der Waals surface area contributed by atoms with Crippen molar-refractivity contribution in [2.24, 2.45) is 0 Å². The smallest absolute Gasteiger partial charge is 0.338 e. The first-order chi connectivity index (χ1) is 10.2. The van der Waals surface area contributed by atoms with Gasteiger partial charge in [0.15, 0.2) is 0 Å². The van der Waals surface area contributed by atoms with Crippen LogP contribution in [0, 0.1) is 0 Å². The van der Waals surface area contributed by atoms with Crippen molar-refractivity contribution in [3.8, 4) is 0 Å². The number of rotatable bonds is 3. The van der Waals surface area contributed by atoms with Crippen LogP contribution in [0.5, 0.6) is 0 Å². The van der Waals surface area contributed by atoms with Crippen molar-refractivity contribution in [1.29, 1.82) is 0 Å². The Balaban J connectivity index is 1.69. The van der Waals surface area contributed by atoms with Gasteiger partial charge >= 0.3 is 12.0 Å². The lowest BCUT2D eigenvalue weighted by Gasteiger charge is -2.18. The number of ether oxygens (including phenoxy) is 1. The quantitative estimate of drug-likeness (QED) is 0.850. The molecule has 1 heterocycles. The molecule has 106 valence electrons. The zero-order chi connectivity index (χ0) is 14.7. The molecule has 0 unspecified atom stereocenters. The molecule has 3 rings (SSSR count). The topological polar surface area (TPSA) is 67.4 Å². The Morgan fingerprint density at radius 1 is 1.14 bits per heavy atom. The van der Waals surface area contributed by atoms with Crippen molar-refractivity contribution >= 4 is 17.7 Å². The van der Waals surface area contributed by atoms with Gasteiger partial charge in [0.1, 0.15) is 6.61 Å². The molecule has 0 aliphatic carbocycles. The predicted octanol–water partition coefficient (Wildman–Crippen LogP) is 2.68. The summed E-state index contributed by atoms with van der Waals surface area (Å²) >= 11 is 0. The van der Waals surface area contributed by atoms with E-state index in [0.717, 1.165) is 16.8 Å². The standard InChI is InChI=1S/C16H14N2O3/c19-15(21-10-11-4-2-1-3-5-11)12-6-7-14-13(8-12)9-17-16(20)18-14/h1-8H,9-10H2,(H2,17,18,20). The molecule has 2 aromatic rings. The van der Waals surface area contributed by atoms with Crippen LogP contribution in [0.4, 0.5) is 10.5 Å². The summed E-state index contributed by atoms with van der Waals surface area (Å²) in [5.41, 5.74) is 3.00. The molecule has 5 nitrogen and oxygen atoms in total. The average molecular weight is 282 g/mol. The Hall–Kier alpha value is -2.82. The van der Waals surface area contributed by atoms with Crippen LogP contribution < -0.4 is 10.6 Å². The van der Waals surface area contributed by atoms with E-state index in [4.69, 9.17) is 4.74 Å². The Kier molecular flexibility index (Phi) is 3.55. The second-order valence-electron chi connectivity index (χ2n) is 4.74. The summed E-state index contributed by atoms with van der Waals surface area (Å²) < 4.78 is 5.28. The zero-order valence-electron chi connectivity index (χ0n) is 11.3. The van der Waals surface area contributed by atoms with E-state index in [2.05, 4.69) is 10.6 Å². The Morgan fingerprint density at radius 2 is 1.95 bits per heavy atom. The number of hydrogen-bond acceptors (Lipinski definition) is 3. The number of anilines is 1. The largest absolute Gasteiger partial charge is 0.457 e. The molecule has 0 bridgehead atoms. The maximum Gasteiger partial charge on any atom is 0.338 e. The van der Waals surface area contributed by atoms with Crippen LogP contribution in [0.15, 0.2) is 48.5 Å². The van der Waals surface area contributed by atoms with Crippen molar-refractivity contribution in [1.82, 2.24) is 5.32 Å². The highest BCUT2D eigenvalue weighted by Gasteiger charge is 2.16. The minimum Gasteiger partial charge on any atom is -0.457 e. The molecule has 0 saturated carbocycles. The summed E-state index contributed by atoms with van der Waals surface area (Å²) in [5, 5.41) is 5.34. The highest BCUT2D eigenvalue weighted by Crippen LogP contribution is 2.21. The van der Waals surface area contributed by atoms with Crippen LogP contribution in [0.25, 0.3) is 0 Å². The lowest BCUT2D eigenvalue weighted by Crippen LogP contribution is -2.33. The number of fused-ring (bicyclic) bond motifs is 1. The van der Waals surface area contributed by atoms with E-state index in [1.54, 1.807) is 18.2 Å². The molecule has 0 fully saturated rings. The van der Waals surface area contributed by atoms with Crippen LogP contribution >= 0.6 is 0 Å². The van der Waals surface area contributed by atoms with Gasteiger partial charge in [-0.2, -0.15) is 0 Å².